The molecule has 1 heterocycles. The molecule has 0 radical (unpaired) electrons. The van der Waals surface area contributed by atoms with Crippen molar-refractivity contribution in [1.82, 2.24) is 10.2 Å². The zero-order valence-corrected chi connectivity index (χ0v) is 12.1. The summed E-state index contributed by atoms with van der Waals surface area (Å²) in [6.07, 6.45) is 0.626. The summed E-state index contributed by atoms with van der Waals surface area (Å²) in [6, 6.07) is 5.64. The lowest BCUT2D eigenvalue weighted by Gasteiger charge is -2.20. The molecule has 2 N–H and O–H groups in total. The zero-order chi connectivity index (χ0) is 15.2. The van der Waals surface area contributed by atoms with Gasteiger partial charge in [-0.3, -0.25) is 0 Å². The van der Waals surface area contributed by atoms with Crippen LogP contribution in [0.4, 0.5) is 9.18 Å². The Morgan fingerprint density at radius 2 is 2.24 bits per heavy atom. The molecule has 1 aliphatic heterocycles. The van der Waals surface area contributed by atoms with Crippen LogP contribution in [-0.2, 0) is 0 Å². The first-order chi connectivity index (χ1) is 10.1. The molecule has 0 aliphatic carbocycles. The van der Waals surface area contributed by atoms with Gasteiger partial charge in [-0.25, -0.2) is 9.18 Å². The van der Waals surface area contributed by atoms with Gasteiger partial charge in [0.2, 0.25) is 0 Å². The normalized spacial score (nSPS) is 19.4. The molecular weight excluding hydrogens is 275 g/mol. The summed E-state index contributed by atoms with van der Waals surface area (Å²) in [4.78, 5) is 13.6. The summed E-state index contributed by atoms with van der Waals surface area (Å²) >= 11 is 0. The third-order valence-electron chi connectivity index (χ3n) is 3.52. The highest BCUT2D eigenvalue weighted by Crippen LogP contribution is 2.15. The number of amides is 2. The molecule has 1 aliphatic rings. The van der Waals surface area contributed by atoms with Crippen LogP contribution in [0.15, 0.2) is 24.3 Å². The van der Waals surface area contributed by atoms with E-state index in [-0.39, 0.29) is 30.5 Å². The van der Waals surface area contributed by atoms with Gasteiger partial charge in [-0.05, 0) is 37.6 Å². The number of hydrogen-bond acceptors (Lipinski definition) is 3. The summed E-state index contributed by atoms with van der Waals surface area (Å²) in [5.74, 6) is 0.444. The SMILES string of the molecule is CC(CNC(=O)N1CCC(CO)C1)Oc1ccc(F)cc1. The number of rotatable bonds is 5. The third-order valence-corrected chi connectivity index (χ3v) is 3.52. The molecule has 0 spiro atoms. The van der Waals surface area contributed by atoms with Crippen molar-refractivity contribution in [2.45, 2.75) is 19.4 Å². The number of nitrogens with one attached hydrogen (secondary N) is 1. The lowest BCUT2D eigenvalue weighted by Crippen LogP contribution is -2.42. The fourth-order valence-corrected chi connectivity index (χ4v) is 2.30. The lowest BCUT2D eigenvalue weighted by molar-refractivity contribution is 0.184. The molecule has 1 aromatic rings. The molecule has 5 nitrogen and oxygen atoms in total. The standard InChI is InChI=1S/C15H21FN2O3/c1-11(21-14-4-2-13(16)3-5-14)8-17-15(20)18-7-6-12(9-18)10-19/h2-5,11-12,19H,6-10H2,1H3,(H,17,20). The van der Waals surface area contributed by atoms with Gasteiger partial charge in [0.05, 0.1) is 6.54 Å². The second-order valence-electron chi connectivity index (χ2n) is 5.35. The number of aliphatic hydroxyl groups excluding tert-OH is 1. The molecule has 2 amide bonds. The van der Waals surface area contributed by atoms with Gasteiger partial charge in [-0.15, -0.1) is 0 Å². The molecule has 21 heavy (non-hydrogen) atoms. The fourth-order valence-electron chi connectivity index (χ4n) is 2.30. The van der Waals surface area contributed by atoms with E-state index in [0.29, 0.717) is 25.4 Å². The number of nitrogens with zero attached hydrogens (tertiary/aromatic N) is 1. The largest absolute Gasteiger partial charge is 0.489 e. The van der Waals surface area contributed by atoms with Crippen LogP contribution in [0.5, 0.6) is 5.75 Å². The third kappa shape index (κ3) is 4.60. The van der Waals surface area contributed by atoms with Crippen LogP contribution in [0.1, 0.15) is 13.3 Å². The molecule has 0 bridgehead atoms. The Bertz CT molecular complexity index is 466. The molecule has 1 saturated heterocycles. The number of carbonyl (C=O) groups excluding carboxylic acids is 1. The van der Waals surface area contributed by atoms with Crippen molar-refractivity contribution in [3.63, 3.8) is 0 Å². The van der Waals surface area contributed by atoms with Gasteiger partial charge >= 0.3 is 6.03 Å². The first kappa shape index (κ1) is 15.6. The number of halogens is 1. The van der Waals surface area contributed by atoms with Crippen molar-refractivity contribution < 1.29 is 19.0 Å². The van der Waals surface area contributed by atoms with E-state index in [2.05, 4.69) is 5.32 Å². The van der Waals surface area contributed by atoms with Crippen LogP contribution < -0.4 is 10.1 Å². The van der Waals surface area contributed by atoms with E-state index in [1.165, 1.54) is 12.1 Å². The van der Waals surface area contributed by atoms with Gasteiger partial charge in [-0.2, -0.15) is 0 Å². The number of urea groups is 1. The van der Waals surface area contributed by atoms with Crippen molar-refractivity contribution in [3.05, 3.63) is 30.1 Å². The quantitative estimate of drug-likeness (QED) is 0.868. The molecule has 2 atom stereocenters. The molecule has 116 valence electrons. The molecule has 1 aromatic carbocycles. The van der Waals surface area contributed by atoms with E-state index in [4.69, 9.17) is 9.84 Å². The maximum absolute atomic E-state index is 12.8. The first-order valence-corrected chi connectivity index (χ1v) is 7.14. The maximum atomic E-state index is 12.8. The minimum atomic E-state index is -0.309. The van der Waals surface area contributed by atoms with Crippen LogP contribution in [0.25, 0.3) is 0 Å². The van der Waals surface area contributed by atoms with E-state index in [9.17, 15) is 9.18 Å². The van der Waals surface area contributed by atoms with Crippen LogP contribution in [0.2, 0.25) is 0 Å². The van der Waals surface area contributed by atoms with Gasteiger partial charge in [-0.1, -0.05) is 0 Å². The minimum absolute atomic E-state index is 0.119. The predicted octanol–water partition coefficient (Wildman–Crippen LogP) is 1.62. The number of aliphatic hydroxyl groups is 1. The van der Waals surface area contributed by atoms with Gasteiger partial charge in [0.15, 0.2) is 0 Å². The second-order valence-corrected chi connectivity index (χ2v) is 5.35. The zero-order valence-electron chi connectivity index (χ0n) is 12.1. The smallest absolute Gasteiger partial charge is 0.317 e. The van der Waals surface area contributed by atoms with Crippen LogP contribution in [-0.4, -0.2) is 48.4 Å². The van der Waals surface area contributed by atoms with E-state index < -0.39 is 0 Å². The monoisotopic (exact) mass is 296 g/mol. The highest BCUT2D eigenvalue weighted by atomic mass is 19.1. The molecule has 2 rings (SSSR count). The van der Waals surface area contributed by atoms with Crippen molar-refractivity contribution in [2.24, 2.45) is 5.92 Å². The average Bonchev–Trinajstić information content (AvgIpc) is 2.96. The molecule has 0 saturated carbocycles. The molecule has 1 fully saturated rings. The van der Waals surface area contributed by atoms with E-state index in [1.807, 2.05) is 6.92 Å². The van der Waals surface area contributed by atoms with E-state index >= 15 is 0 Å². The average molecular weight is 296 g/mol. The first-order valence-electron chi connectivity index (χ1n) is 7.14. The van der Waals surface area contributed by atoms with E-state index in [1.54, 1.807) is 17.0 Å². The second kappa shape index (κ2) is 7.26. The van der Waals surface area contributed by atoms with Crippen molar-refractivity contribution in [3.8, 4) is 5.75 Å². The Balaban J connectivity index is 1.72. The molecular formula is C15H21FN2O3. The highest BCUT2D eigenvalue weighted by molar-refractivity contribution is 5.74. The molecule has 0 aromatic heterocycles. The van der Waals surface area contributed by atoms with Crippen LogP contribution in [0, 0.1) is 11.7 Å². The van der Waals surface area contributed by atoms with E-state index in [0.717, 1.165) is 6.42 Å². The van der Waals surface area contributed by atoms with Gasteiger partial charge < -0.3 is 20.1 Å². The number of ether oxygens (including phenoxy) is 1. The molecule has 2 unspecified atom stereocenters. The van der Waals surface area contributed by atoms with Crippen LogP contribution >= 0.6 is 0 Å². The van der Waals surface area contributed by atoms with Gasteiger partial charge in [0.1, 0.15) is 17.7 Å². The van der Waals surface area contributed by atoms with Gasteiger partial charge in [0, 0.05) is 25.6 Å². The number of likely N-dealkylation sites (tertiary alicyclic amines) is 1. The van der Waals surface area contributed by atoms with Gasteiger partial charge in [0.25, 0.3) is 0 Å². The summed E-state index contributed by atoms with van der Waals surface area (Å²) in [5.41, 5.74) is 0. The maximum Gasteiger partial charge on any atom is 0.317 e. The number of benzene rings is 1. The Morgan fingerprint density at radius 3 is 2.86 bits per heavy atom. The summed E-state index contributed by atoms with van der Waals surface area (Å²) in [5, 5.41) is 11.9. The molecule has 6 heteroatoms. The summed E-state index contributed by atoms with van der Waals surface area (Å²) < 4.78 is 18.4. The summed E-state index contributed by atoms with van der Waals surface area (Å²) in [6.45, 7) is 3.59. The Kier molecular flexibility index (Phi) is 5.38. The fraction of sp³-hybridized carbons (Fsp3) is 0.533. The number of carbonyl (C=O) groups is 1. The highest BCUT2D eigenvalue weighted by Gasteiger charge is 2.25. The van der Waals surface area contributed by atoms with Crippen molar-refractivity contribution in [1.29, 1.82) is 0 Å². The van der Waals surface area contributed by atoms with Crippen LogP contribution in [0.3, 0.4) is 0 Å². The topological polar surface area (TPSA) is 61.8 Å². The lowest BCUT2D eigenvalue weighted by atomic mass is 10.1. The Hall–Kier alpha value is -1.82. The number of hydrogen-bond donors (Lipinski definition) is 2. The van der Waals surface area contributed by atoms with Crippen molar-refractivity contribution >= 4 is 6.03 Å². The van der Waals surface area contributed by atoms with Crippen molar-refractivity contribution in [2.75, 3.05) is 26.2 Å². The Morgan fingerprint density at radius 1 is 1.52 bits per heavy atom. The predicted molar refractivity (Wildman–Crippen MR) is 76.7 cm³/mol. The minimum Gasteiger partial charge on any atom is -0.489 e. The summed E-state index contributed by atoms with van der Waals surface area (Å²) in [7, 11) is 0. The Labute approximate surface area is 123 Å².